The number of quaternary nitrogens is 1. The highest BCUT2D eigenvalue weighted by Crippen LogP contribution is 2.11. The van der Waals surface area contributed by atoms with Crippen LogP contribution in [-0.2, 0) is 4.79 Å². The summed E-state index contributed by atoms with van der Waals surface area (Å²) in [6.45, 7) is 3.80. The van der Waals surface area contributed by atoms with Crippen molar-refractivity contribution in [2.45, 2.75) is 0 Å². The second-order valence-electron chi connectivity index (χ2n) is 5.63. The summed E-state index contributed by atoms with van der Waals surface area (Å²) >= 11 is 0. The molecule has 1 amide bonds. The van der Waals surface area contributed by atoms with Crippen molar-refractivity contribution in [1.82, 2.24) is 4.98 Å². The van der Waals surface area contributed by atoms with Gasteiger partial charge < -0.3 is 15.1 Å². The van der Waals surface area contributed by atoms with Crippen LogP contribution in [0, 0.1) is 5.82 Å². The van der Waals surface area contributed by atoms with Gasteiger partial charge in [0, 0.05) is 6.20 Å². The molecule has 120 valence electrons. The van der Waals surface area contributed by atoms with Gasteiger partial charge in [0.25, 0.3) is 5.91 Å². The number of rotatable bonds is 4. The number of piperazine rings is 1. The minimum absolute atomic E-state index is 0.156. The Kier molecular flexibility index (Phi) is 4.83. The highest BCUT2D eigenvalue weighted by atomic mass is 19.1. The molecule has 5 nitrogen and oxygen atoms in total. The van der Waals surface area contributed by atoms with Crippen LogP contribution in [0.1, 0.15) is 0 Å². The molecule has 2 aromatic rings. The zero-order chi connectivity index (χ0) is 16.1. The Hall–Kier alpha value is -2.47. The van der Waals surface area contributed by atoms with Crippen LogP contribution < -0.4 is 15.1 Å². The van der Waals surface area contributed by atoms with Gasteiger partial charge in [-0.2, -0.15) is 0 Å². The maximum atomic E-state index is 13.5. The number of para-hydroxylation sites is 1. The van der Waals surface area contributed by atoms with Gasteiger partial charge in [0.15, 0.2) is 6.54 Å². The zero-order valence-corrected chi connectivity index (χ0v) is 12.8. The van der Waals surface area contributed by atoms with E-state index in [-0.39, 0.29) is 11.6 Å². The number of aromatic nitrogens is 1. The fraction of sp³-hybridized carbons (Fsp3) is 0.294. The third kappa shape index (κ3) is 4.04. The highest BCUT2D eigenvalue weighted by Gasteiger charge is 2.23. The van der Waals surface area contributed by atoms with Crippen molar-refractivity contribution in [3.8, 4) is 0 Å². The largest absolute Gasteiger partial charge is 0.345 e. The van der Waals surface area contributed by atoms with Gasteiger partial charge >= 0.3 is 0 Å². The Labute approximate surface area is 134 Å². The number of nitrogens with one attached hydrogen (secondary N) is 2. The molecule has 23 heavy (non-hydrogen) atoms. The molecule has 0 bridgehead atoms. The van der Waals surface area contributed by atoms with E-state index in [9.17, 15) is 9.18 Å². The lowest BCUT2D eigenvalue weighted by molar-refractivity contribution is -0.892. The number of amides is 1. The van der Waals surface area contributed by atoms with Crippen molar-refractivity contribution in [3.05, 3.63) is 54.5 Å². The molecule has 3 rings (SSSR count). The minimum atomic E-state index is -0.407. The average molecular weight is 315 g/mol. The second-order valence-corrected chi connectivity index (χ2v) is 5.63. The van der Waals surface area contributed by atoms with Gasteiger partial charge in [-0.1, -0.05) is 18.2 Å². The van der Waals surface area contributed by atoms with Crippen molar-refractivity contribution < 1.29 is 14.1 Å². The van der Waals surface area contributed by atoms with Crippen molar-refractivity contribution in [2.75, 3.05) is 42.9 Å². The van der Waals surface area contributed by atoms with Gasteiger partial charge in [-0.05, 0) is 24.3 Å². The first-order valence-electron chi connectivity index (χ1n) is 7.76. The summed E-state index contributed by atoms with van der Waals surface area (Å²) in [5.74, 6) is 0.412. The van der Waals surface area contributed by atoms with Crippen LogP contribution in [0.15, 0.2) is 48.7 Å². The van der Waals surface area contributed by atoms with E-state index in [1.807, 2.05) is 18.2 Å². The maximum Gasteiger partial charge on any atom is 0.279 e. The normalized spacial score (nSPS) is 15.4. The van der Waals surface area contributed by atoms with E-state index in [2.05, 4.69) is 15.2 Å². The van der Waals surface area contributed by atoms with Crippen LogP contribution in [0.2, 0.25) is 0 Å². The third-order valence-electron chi connectivity index (χ3n) is 4.00. The number of nitrogens with zero attached hydrogens (tertiary/aromatic N) is 2. The second kappa shape index (κ2) is 7.19. The molecule has 6 heteroatoms. The van der Waals surface area contributed by atoms with Crippen LogP contribution in [-0.4, -0.2) is 43.6 Å². The number of benzene rings is 1. The SMILES string of the molecule is O=C(C[NH+]1CCN(c2ccccn2)CC1)Nc1ccccc1F. The first-order chi connectivity index (χ1) is 11.2. The van der Waals surface area contributed by atoms with Crippen molar-refractivity contribution >= 4 is 17.4 Å². The molecule has 0 spiro atoms. The molecular weight excluding hydrogens is 295 g/mol. The number of anilines is 2. The van der Waals surface area contributed by atoms with Crippen LogP contribution in [0.5, 0.6) is 0 Å². The molecule has 0 radical (unpaired) electrons. The molecule has 2 heterocycles. The van der Waals surface area contributed by atoms with Gasteiger partial charge in [-0.3, -0.25) is 4.79 Å². The summed E-state index contributed by atoms with van der Waals surface area (Å²) in [6.07, 6.45) is 1.79. The number of pyridine rings is 1. The topological polar surface area (TPSA) is 49.7 Å². The Morgan fingerprint density at radius 1 is 1.17 bits per heavy atom. The molecule has 1 aromatic carbocycles. The van der Waals surface area contributed by atoms with E-state index < -0.39 is 5.82 Å². The molecule has 0 saturated carbocycles. The molecule has 1 aliphatic rings. The Balaban J connectivity index is 1.49. The molecule has 1 saturated heterocycles. The molecule has 2 N–H and O–H groups in total. The Morgan fingerprint density at radius 2 is 1.91 bits per heavy atom. The Bertz CT molecular complexity index is 657. The monoisotopic (exact) mass is 315 g/mol. The van der Waals surface area contributed by atoms with Gasteiger partial charge in [-0.15, -0.1) is 0 Å². The summed E-state index contributed by atoms with van der Waals surface area (Å²) in [4.78, 5) is 19.8. The molecule has 1 fully saturated rings. The lowest BCUT2D eigenvalue weighted by Crippen LogP contribution is -3.15. The van der Waals surface area contributed by atoms with E-state index in [0.29, 0.717) is 6.54 Å². The lowest BCUT2D eigenvalue weighted by Gasteiger charge is -2.32. The van der Waals surface area contributed by atoms with Crippen LogP contribution >= 0.6 is 0 Å². The molecular formula is C17H20FN4O+. The third-order valence-corrected chi connectivity index (χ3v) is 4.00. The fourth-order valence-corrected chi connectivity index (χ4v) is 2.75. The number of hydrogen-bond acceptors (Lipinski definition) is 3. The number of hydrogen-bond donors (Lipinski definition) is 2. The van der Waals surface area contributed by atoms with E-state index in [1.165, 1.54) is 11.0 Å². The lowest BCUT2D eigenvalue weighted by atomic mass is 10.3. The van der Waals surface area contributed by atoms with Gasteiger partial charge in [0.2, 0.25) is 0 Å². The molecule has 1 aromatic heterocycles. The van der Waals surface area contributed by atoms with Gasteiger partial charge in [-0.25, -0.2) is 9.37 Å². The fourth-order valence-electron chi connectivity index (χ4n) is 2.75. The van der Waals surface area contributed by atoms with E-state index in [1.54, 1.807) is 24.4 Å². The van der Waals surface area contributed by atoms with Crippen LogP contribution in [0.3, 0.4) is 0 Å². The standard InChI is InChI=1S/C17H19FN4O/c18-14-5-1-2-6-15(14)20-17(23)13-21-9-11-22(12-10-21)16-7-3-4-8-19-16/h1-8H,9-13H2,(H,20,23)/p+1. The molecule has 0 aliphatic carbocycles. The van der Waals surface area contributed by atoms with Gasteiger partial charge in [0.05, 0.1) is 31.9 Å². The summed E-state index contributed by atoms with van der Waals surface area (Å²) in [5.41, 5.74) is 0.240. The summed E-state index contributed by atoms with van der Waals surface area (Å²) in [7, 11) is 0. The smallest absolute Gasteiger partial charge is 0.279 e. The predicted molar refractivity (Wildman–Crippen MR) is 87.0 cm³/mol. The zero-order valence-electron chi connectivity index (χ0n) is 12.8. The number of carbonyl (C=O) groups is 1. The highest BCUT2D eigenvalue weighted by molar-refractivity contribution is 5.91. The average Bonchev–Trinajstić information content (AvgIpc) is 2.58. The predicted octanol–water partition coefficient (Wildman–Crippen LogP) is 0.564. The maximum absolute atomic E-state index is 13.5. The molecule has 1 aliphatic heterocycles. The first-order valence-corrected chi connectivity index (χ1v) is 7.76. The number of halogens is 1. The van der Waals surface area contributed by atoms with Crippen molar-refractivity contribution in [3.63, 3.8) is 0 Å². The van der Waals surface area contributed by atoms with Crippen LogP contribution in [0.25, 0.3) is 0 Å². The summed E-state index contributed by atoms with van der Waals surface area (Å²) in [6, 6.07) is 12.1. The van der Waals surface area contributed by atoms with Gasteiger partial charge in [0.1, 0.15) is 11.6 Å². The summed E-state index contributed by atoms with van der Waals surface area (Å²) < 4.78 is 13.5. The summed E-state index contributed by atoms with van der Waals surface area (Å²) in [5, 5.41) is 2.64. The van der Waals surface area contributed by atoms with Crippen molar-refractivity contribution in [2.24, 2.45) is 0 Å². The first kappa shape index (κ1) is 15.4. The number of carbonyl (C=O) groups excluding carboxylic acids is 1. The quantitative estimate of drug-likeness (QED) is 0.867. The van der Waals surface area contributed by atoms with E-state index >= 15 is 0 Å². The van der Waals surface area contributed by atoms with Crippen molar-refractivity contribution in [1.29, 1.82) is 0 Å². The molecule has 0 unspecified atom stereocenters. The minimum Gasteiger partial charge on any atom is -0.345 e. The van der Waals surface area contributed by atoms with E-state index in [0.717, 1.165) is 32.0 Å². The molecule has 0 atom stereocenters. The van der Waals surface area contributed by atoms with Crippen LogP contribution in [0.4, 0.5) is 15.9 Å². The Morgan fingerprint density at radius 3 is 2.61 bits per heavy atom. The van der Waals surface area contributed by atoms with E-state index in [4.69, 9.17) is 0 Å².